The molecule has 0 aliphatic carbocycles. The Morgan fingerprint density at radius 2 is 1.90 bits per heavy atom. The van der Waals surface area contributed by atoms with Crippen molar-refractivity contribution in [2.24, 2.45) is 5.92 Å². The fourth-order valence-corrected chi connectivity index (χ4v) is 4.39. The van der Waals surface area contributed by atoms with Crippen LogP contribution in [0.2, 0.25) is 0 Å². The van der Waals surface area contributed by atoms with Crippen LogP contribution in [0.5, 0.6) is 0 Å². The van der Waals surface area contributed by atoms with Gasteiger partial charge in [-0.3, -0.25) is 14.4 Å². The van der Waals surface area contributed by atoms with E-state index >= 15 is 0 Å². The topological polar surface area (TPSA) is 80.6 Å². The molecule has 8 heteroatoms. The number of fused-ring (bicyclic) bond motifs is 4. The Labute approximate surface area is 173 Å². The zero-order valence-electron chi connectivity index (χ0n) is 16.8. The molecular formula is C22H24FN3O4. The van der Waals surface area contributed by atoms with E-state index in [-0.39, 0.29) is 34.6 Å². The van der Waals surface area contributed by atoms with Crippen molar-refractivity contribution < 1.29 is 18.7 Å². The third kappa shape index (κ3) is 4.00. The second-order valence-corrected chi connectivity index (χ2v) is 7.89. The van der Waals surface area contributed by atoms with E-state index in [2.05, 4.69) is 5.32 Å². The first-order valence-corrected chi connectivity index (χ1v) is 10.0. The lowest BCUT2D eigenvalue weighted by Crippen LogP contribution is -2.49. The number of halogens is 1. The normalized spacial score (nSPS) is 19.9. The number of likely N-dealkylation sites (tertiary alicyclic amines) is 1. The second-order valence-electron chi connectivity index (χ2n) is 7.89. The van der Waals surface area contributed by atoms with Crippen molar-refractivity contribution in [2.45, 2.75) is 25.3 Å². The smallest absolute Gasteiger partial charge is 0.274 e. The maximum absolute atomic E-state index is 13.1. The maximum Gasteiger partial charge on any atom is 0.274 e. The monoisotopic (exact) mass is 413 g/mol. The number of pyridine rings is 1. The molecule has 7 nitrogen and oxygen atoms in total. The number of hydrogen-bond acceptors (Lipinski definition) is 4. The summed E-state index contributed by atoms with van der Waals surface area (Å²) in [4.78, 5) is 39.7. The van der Waals surface area contributed by atoms with Gasteiger partial charge in [-0.25, -0.2) is 4.39 Å². The minimum Gasteiger partial charge on any atom is -0.384 e. The van der Waals surface area contributed by atoms with Gasteiger partial charge < -0.3 is 19.5 Å². The Bertz CT molecular complexity index is 1020. The largest absolute Gasteiger partial charge is 0.384 e. The van der Waals surface area contributed by atoms with Gasteiger partial charge in [-0.15, -0.1) is 0 Å². The van der Waals surface area contributed by atoms with Gasteiger partial charge in [-0.2, -0.15) is 0 Å². The highest BCUT2D eigenvalue weighted by Gasteiger charge is 2.36. The molecule has 0 spiro atoms. The third-order valence-corrected chi connectivity index (χ3v) is 5.83. The van der Waals surface area contributed by atoms with Crippen molar-refractivity contribution in [2.75, 3.05) is 32.1 Å². The van der Waals surface area contributed by atoms with Crippen molar-refractivity contribution in [1.29, 1.82) is 0 Å². The SMILES string of the molecule is COCCC(=O)N1C[C@@H]2C[C@H](C1)c1ccc(NC(=O)c3ccc(F)cc3)c(=O)n1C2. The lowest BCUT2D eigenvalue weighted by molar-refractivity contribution is -0.134. The van der Waals surface area contributed by atoms with E-state index in [1.165, 1.54) is 24.3 Å². The average Bonchev–Trinajstić information content (AvgIpc) is 2.74. The summed E-state index contributed by atoms with van der Waals surface area (Å²) in [5.74, 6) is -0.521. The molecule has 0 saturated carbocycles. The van der Waals surface area contributed by atoms with E-state index in [0.29, 0.717) is 32.7 Å². The van der Waals surface area contributed by atoms with E-state index in [0.717, 1.165) is 12.1 Å². The molecule has 2 aliphatic heterocycles. The highest BCUT2D eigenvalue weighted by atomic mass is 19.1. The molecule has 1 aromatic carbocycles. The van der Waals surface area contributed by atoms with Gasteiger partial charge in [0.15, 0.2) is 0 Å². The minimum absolute atomic E-state index is 0.0746. The molecule has 2 atom stereocenters. The Kier molecular flexibility index (Phi) is 5.67. The highest BCUT2D eigenvalue weighted by molar-refractivity contribution is 6.04. The Balaban J connectivity index is 1.53. The van der Waals surface area contributed by atoms with Crippen LogP contribution < -0.4 is 10.9 Å². The van der Waals surface area contributed by atoms with Crippen molar-refractivity contribution in [1.82, 2.24) is 9.47 Å². The van der Waals surface area contributed by atoms with E-state index in [9.17, 15) is 18.8 Å². The van der Waals surface area contributed by atoms with Crippen LogP contribution in [0.4, 0.5) is 10.1 Å². The number of rotatable bonds is 5. The molecule has 30 heavy (non-hydrogen) atoms. The van der Waals surface area contributed by atoms with Crippen molar-refractivity contribution >= 4 is 17.5 Å². The van der Waals surface area contributed by atoms with Crippen LogP contribution in [-0.4, -0.2) is 48.1 Å². The summed E-state index contributed by atoms with van der Waals surface area (Å²) in [5, 5.41) is 2.64. The highest BCUT2D eigenvalue weighted by Crippen LogP contribution is 2.35. The fraction of sp³-hybridized carbons (Fsp3) is 0.409. The summed E-state index contributed by atoms with van der Waals surface area (Å²) in [5.41, 5.74) is 1.11. The van der Waals surface area contributed by atoms with Gasteiger partial charge >= 0.3 is 0 Å². The summed E-state index contributed by atoms with van der Waals surface area (Å²) in [6, 6.07) is 8.62. The standard InChI is InChI=1S/C22H24FN3O4/c1-30-9-8-20(27)25-11-14-10-16(13-25)19-7-6-18(22(29)26(19)12-14)24-21(28)15-2-4-17(23)5-3-15/h2-7,14,16H,8-13H2,1H3,(H,24,28)/t14-,16+/m0/s1. The lowest BCUT2D eigenvalue weighted by Gasteiger charge is -2.43. The van der Waals surface area contributed by atoms with Crippen LogP contribution in [0.1, 0.15) is 34.8 Å². The molecule has 0 radical (unpaired) electrons. The number of anilines is 1. The quantitative estimate of drug-likeness (QED) is 0.815. The zero-order chi connectivity index (χ0) is 21.3. The summed E-state index contributed by atoms with van der Waals surface area (Å²) < 4.78 is 19.8. The van der Waals surface area contributed by atoms with Crippen LogP contribution >= 0.6 is 0 Å². The number of ether oxygens (including phenoxy) is 1. The first-order valence-electron chi connectivity index (χ1n) is 10.0. The van der Waals surface area contributed by atoms with E-state index < -0.39 is 11.7 Å². The van der Waals surface area contributed by atoms with Crippen LogP contribution in [-0.2, 0) is 16.1 Å². The summed E-state index contributed by atoms with van der Waals surface area (Å²) in [6.45, 7) is 2.12. The predicted molar refractivity (Wildman–Crippen MR) is 109 cm³/mol. The minimum atomic E-state index is -0.460. The second kappa shape index (κ2) is 8.39. The van der Waals surface area contributed by atoms with E-state index in [4.69, 9.17) is 4.74 Å². The molecule has 0 unspecified atom stereocenters. The number of methoxy groups -OCH3 is 1. The number of carbonyl (C=O) groups is 2. The zero-order valence-corrected chi connectivity index (χ0v) is 16.8. The predicted octanol–water partition coefficient (Wildman–Crippen LogP) is 2.22. The van der Waals surface area contributed by atoms with Crippen molar-refractivity contribution in [3.63, 3.8) is 0 Å². The van der Waals surface area contributed by atoms with E-state index in [1.807, 2.05) is 11.0 Å². The Morgan fingerprint density at radius 1 is 1.13 bits per heavy atom. The summed E-state index contributed by atoms with van der Waals surface area (Å²) in [6.07, 6.45) is 1.30. The Hall–Kier alpha value is -3.00. The van der Waals surface area contributed by atoms with Gasteiger partial charge in [-0.1, -0.05) is 0 Å². The number of nitrogens with zero attached hydrogens (tertiary/aromatic N) is 2. The third-order valence-electron chi connectivity index (χ3n) is 5.83. The molecule has 158 valence electrons. The van der Waals surface area contributed by atoms with Gasteiger partial charge in [0.25, 0.3) is 11.5 Å². The van der Waals surface area contributed by atoms with Gasteiger partial charge in [0, 0.05) is 43.9 Å². The number of carbonyl (C=O) groups excluding carboxylic acids is 2. The number of amides is 2. The van der Waals surface area contributed by atoms with Crippen molar-refractivity contribution in [3.05, 3.63) is 63.8 Å². The van der Waals surface area contributed by atoms with Gasteiger partial charge in [0.05, 0.1) is 13.0 Å². The molecule has 2 aromatic rings. The number of nitrogens with one attached hydrogen (secondary N) is 1. The van der Waals surface area contributed by atoms with Crippen LogP contribution in [0.3, 0.4) is 0 Å². The molecule has 3 heterocycles. The molecule has 1 saturated heterocycles. The molecule has 1 N–H and O–H groups in total. The number of hydrogen-bond donors (Lipinski definition) is 1. The molecule has 4 rings (SSSR count). The maximum atomic E-state index is 13.1. The number of piperidine rings is 1. The number of benzene rings is 1. The van der Waals surface area contributed by atoms with Gasteiger partial charge in [0.1, 0.15) is 11.5 Å². The van der Waals surface area contributed by atoms with Crippen LogP contribution in [0.15, 0.2) is 41.2 Å². The lowest BCUT2D eigenvalue weighted by atomic mass is 9.83. The molecule has 1 fully saturated rings. The average molecular weight is 413 g/mol. The molecule has 2 bridgehead atoms. The van der Waals surface area contributed by atoms with Crippen molar-refractivity contribution in [3.8, 4) is 0 Å². The van der Waals surface area contributed by atoms with Crippen LogP contribution in [0, 0.1) is 11.7 Å². The summed E-state index contributed by atoms with van der Waals surface area (Å²) >= 11 is 0. The van der Waals surface area contributed by atoms with E-state index in [1.54, 1.807) is 17.7 Å². The first-order chi connectivity index (χ1) is 14.5. The number of aromatic nitrogens is 1. The first kappa shape index (κ1) is 20.3. The summed E-state index contributed by atoms with van der Waals surface area (Å²) in [7, 11) is 1.58. The molecule has 2 aliphatic rings. The van der Waals surface area contributed by atoms with Gasteiger partial charge in [0.2, 0.25) is 5.91 Å². The Morgan fingerprint density at radius 3 is 2.63 bits per heavy atom. The molecule has 1 aromatic heterocycles. The molecule has 2 amide bonds. The fourth-order valence-electron chi connectivity index (χ4n) is 4.39. The molecular weight excluding hydrogens is 389 g/mol. The van der Waals surface area contributed by atoms with Gasteiger partial charge in [-0.05, 0) is 48.7 Å². The van der Waals surface area contributed by atoms with Crippen LogP contribution in [0.25, 0.3) is 0 Å².